The summed E-state index contributed by atoms with van der Waals surface area (Å²) < 4.78 is 16.0. The van der Waals surface area contributed by atoms with E-state index in [0.29, 0.717) is 17.2 Å². The zero-order valence-corrected chi connectivity index (χ0v) is 16.1. The molecule has 0 saturated heterocycles. The van der Waals surface area contributed by atoms with Crippen LogP contribution in [0.1, 0.15) is 36.1 Å². The Morgan fingerprint density at radius 1 is 1.00 bits per heavy atom. The molecule has 0 aromatic heterocycles. The number of aryl methyl sites for hydroxylation is 1. The number of benzene rings is 2. The molecule has 0 fully saturated rings. The van der Waals surface area contributed by atoms with Gasteiger partial charge in [0.1, 0.15) is 0 Å². The lowest BCUT2D eigenvalue weighted by Gasteiger charge is -2.18. The molecule has 2 aromatic rings. The second-order valence-electron chi connectivity index (χ2n) is 6.15. The Balaban J connectivity index is 2.14. The van der Waals surface area contributed by atoms with Gasteiger partial charge in [-0.1, -0.05) is 36.8 Å². The fraction of sp³-hybridized carbons (Fsp3) is 0.381. The molecule has 2 aromatic carbocycles. The summed E-state index contributed by atoms with van der Waals surface area (Å²) in [4.78, 5) is 12.6. The van der Waals surface area contributed by atoms with Gasteiger partial charge < -0.3 is 19.5 Å². The molecule has 0 spiro atoms. The highest BCUT2D eigenvalue weighted by atomic mass is 16.5. The van der Waals surface area contributed by atoms with Crippen LogP contribution in [0.4, 0.5) is 0 Å². The average molecular weight is 357 g/mol. The number of nitrogens with one attached hydrogen (secondary N) is 1. The van der Waals surface area contributed by atoms with Crippen LogP contribution >= 0.6 is 0 Å². The Bertz CT molecular complexity index is 715. The van der Waals surface area contributed by atoms with E-state index in [-0.39, 0.29) is 18.4 Å². The fourth-order valence-electron chi connectivity index (χ4n) is 2.89. The smallest absolute Gasteiger partial charge is 0.224 e. The first kappa shape index (κ1) is 19.6. The van der Waals surface area contributed by atoms with E-state index in [2.05, 4.69) is 36.5 Å². The number of carbonyl (C=O) groups excluding carboxylic acids is 1. The molecular formula is C21H27NO4. The molecular weight excluding hydrogens is 330 g/mol. The third-order valence-corrected chi connectivity index (χ3v) is 4.31. The number of carbonyl (C=O) groups is 1. The minimum atomic E-state index is -0.0494. The maximum absolute atomic E-state index is 12.6. The predicted molar refractivity (Wildman–Crippen MR) is 102 cm³/mol. The zero-order valence-electron chi connectivity index (χ0n) is 16.1. The second kappa shape index (κ2) is 9.13. The molecule has 0 aliphatic rings. The molecule has 1 N–H and O–H groups in total. The zero-order chi connectivity index (χ0) is 19.1. The van der Waals surface area contributed by atoms with Gasteiger partial charge >= 0.3 is 0 Å². The van der Waals surface area contributed by atoms with Crippen molar-refractivity contribution in [2.75, 3.05) is 21.3 Å². The predicted octanol–water partition coefficient (Wildman–Crippen LogP) is 3.83. The van der Waals surface area contributed by atoms with Crippen LogP contribution < -0.4 is 19.5 Å². The van der Waals surface area contributed by atoms with Crippen molar-refractivity contribution in [2.24, 2.45) is 0 Å². The highest BCUT2D eigenvalue weighted by Gasteiger charge is 2.17. The third-order valence-electron chi connectivity index (χ3n) is 4.31. The van der Waals surface area contributed by atoms with Crippen molar-refractivity contribution >= 4 is 5.91 Å². The lowest BCUT2D eigenvalue weighted by atomic mass is 10.0. The molecule has 0 saturated carbocycles. The van der Waals surface area contributed by atoms with Gasteiger partial charge in [0.25, 0.3) is 0 Å². The standard InChI is InChI=1S/C21H27NO4/c1-6-17(16-9-7-14(2)8-10-16)22-20(23)13-15-11-18(24-3)21(26-5)19(12-15)25-4/h7-12,17H,6,13H2,1-5H3,(H,22,23)/t17-/m0/s1. The summed E-state index contributed by atoms with van der Waals surface area (Å²) in [6.07, 6.45) is 1.06. The van der Waals surface area contributed by atoms with Crippen LogP contribution in [0.25, 0.3) is 0 Å². The highest BCUT2D eigenvalue weighted by molar-refractivity contribution is 5.79. The summed E-state index contributed by atoms with van der Waals surface area (Å²) in [6.45, 7) is 4.11. The van der Waals surface area contributed by atoms with Crippen molar-refractivity contribution in [3.8, 4) is 17.2 Å². The average Bonchev–Trinajstić information content (AvgIpc) is 2.65. The van der Waals surface area contributed by atoms with Gasteiger partial charge in [0.05, 0.1) is 33.8 Å². The lowest BCUT2D eigenvalue weighted by Crippen LogP contribution is -2.29. The van der Waals surface area contributed by atoms with E-state index in [1.807, 2.05) is 6.92 Å². The van der Waals surface area contributed by atoms with Crippen LogP contribution in [0, 0.1) is 6.92 Å². The molecule has 2 rings (SSSR count). The van der Waals surface area contributed by atoms with Gasteiger partial charge in [-0.2, -0.15) is 0 Å². The first-order valence-electron chi connectivity index (χ1n) is 8.67. The molecule has 26 heavy (non-hydrogen) atoms. The van der Waals surface area contributed by atoms with Crippen LogP contribution in [0.2, 0.25) is 0 Å². The third kappa shape index (κ3) is 4.69. The molecule has 5 nitrogen and oxygen atoms in total. The van der Waals surface area contributed by atoms with Gasteiger partial charge in [0.2, 0.25) is 11.7 Å². The van der Waals surface area contributed by atoms with Gasteiger partial charge in [0.15, 0.2) is 11.5 Å². The van der Waals surface area contributed by atoms with Crippen LogP contribution in [0.15, 0.2) is 36.4 Å². The molecule has 0 bridgehead atoms. The van der Waals surface area contributed by atoms with E-state index >= 15 is 0 Å². The molecule has 0 aliphatic heterocycles. The van der Waals surface area contributed by atoms with Gasteiger partial charge in [-0.25, -0.2) is 0 Å². The highest BCUT2D eigenvalue weighted by Crippen LogP contribution is 2.38. The maximum atomic E-state index is 12.6. The quantitative estimate of drug-likeness (QED) is 0.780. The van der Waals surface area contributed by atoms with E-state index in [0.717, 1.165) is 17.5 Å². The van der Waals surface area contributed by atoms with Crippen LogP contribution in [-0.4, -0.2) is 27.2 Å². The maximum Gasteiger partial charge on any atom is 0.224 e. The van der Waals surface area contributed by atoms with E-state index < -0.39 is 0 Å². The van der Waals surface area contributed by atoms with Crippen molar-refractivity contribution in [3.05, 3.63) is 53.1 Å². The Morgan fingerprint density at radius 2 is 1.58 bits per heavy atom. The van der Waals surface area contributed by atoms with Crippen molar-refractivity contribution in [2.45, 2.75) is 32.7 Å². The van der Waals surface area contributed by atoms with E-state index in [1.54, 1.807) is 33.5 Å². The van der Waals surface area contributed by atoms with E-state index in [1.165, 1.54) is 5.56 Å². The first-order valence-corrected chi connectivity index (χ1v) is 8.67. The summed E-state index contributed by atoms with van der Waals surface area (Å²) in [6, 6.07) is 11.8. The van der Waals surface area contributed by atoms with Crippen molar-refractivity contribution < 1.29 is 19.0 Å². The summed E-state index contributed by atoms with van der Waals surface area (Å²) >= 11 is 0. The number of rotatable bonds is 8. The monoisotopic (exact) mass is 357 g/mol. The Hall–Kier alpha value is -2.69. The Kier molecular flexibility index (Phi) is 6.89. The lowest BCUT2D eigenvalue weighted by molar-refractivity contribution is -0.121. The van der Waals surface area contributed by atoms with Crippen LogP contribution in [-0.2, 0) is 11.2 Å². The molecule has 1 amide bonds. The second-order valence-corrected chi connectivity index (χ2v) is 6.15. The first-order chi connectivity index (χ1) is 12.5. The molecule has 0 heterocycles. The number of amides is 1. The summed E-state index contributed by atoms with van der Waals surface area (Å²) in [7, 11) is 4.68. The molecule has 0 aliphatic carbocycles. The SMILES string of the molecule is CC[C@H](NC(=O)Cc1cc(OC)c(OC)c(OC)c1)c1ccc(C)cc1. The Morgan fingerprint density at radius 3 is 2.04 bits per heavy atom. The van der Waals surface area contributed by atoms with Gasteiger partial charge in [-0.15, -0.1) is 0 Å². The number of methoxy groups -OCH3 is 3. The molecule has 5 heteroatoms. The van der Waals surface area contributed by atoms with Gasteiger partial charge in [0, 0.05) is 0 Å². The van der Waals surface area contributed by atoms with Crippen LogP contribution in [0.5, 0.6) is 17.2 Å². The molecule has 1 atom stereocenters. The largest absolute Gasteiger partial charge is 0.493 e. The fourth-order valence-corrected chi connectivity index (χ4v) is 2.89. The number of ether oxygens (including phenoxy) is 3. The van der Waals surface area contributed by atoms with Crippen molar-refractivity contribution in [3.63, 3.8) is 0 Å². The van der Waals surface area contributed by atoms with Crippen molar-refractivity contribution in [1.82, 2.24) is 5.32 Å². The topological polar surface area (TPSA) is 56.8 Å². The van der Waals surface area contributed by atoms with Gasteiger partial charge in [-0.3, -0.25) is 4.79 Å². The molecule has 0 unspecified atom stereocenters. The normalized spacial score (nSPS) is 11.6. The number of hydrogen-bond donors (Lipinski definition) is 1. The minimum absolute atomic E-state index is 0.00913. The Labute approximate surface area is 155 Å². The van der Waals surface area contributed by atoms with Crippen molar-refractivity contribution in [1.29, 1.82) is 0 Å². The van der Waals surface area contributed by atoms with E-state index in [4.69, 9.17) is 14.2 Å². The summed E-state index contributed by atoms with van der Waals surface area (Å²) in [5.74, 6) is 1.55. The summed E-state index contributed by atoms with van der Waals surface area (Å²) in [5, 5.41) is 3.10. The molecule has 140 valence electrons. The summed E-state index contributed by atoms with van der Waals surface area (Å²) in [5.41, 5.74) is 3.11. The van der Waals surface area contributed by atoms with Gasteiger partial charge in [-0.05, 0) is 36.6 Å². The van der Waals surface area contributed by atoms with E-state index in [9.17, 15) is 4.79 Å². The minimum Gasteiger partial charge on any atom is -0.493 e. The molecule has 0 radical (unpaired) electrons. The van der Waals surface area contributed by atoms with Crippen LogP contribution in [0.3, 0.4) is 0 Å². The number of hydrogen-bond acceptors (Lipinski definition) is 4.